The van der Waals surface area contributed by atoms with Crippen LogP contribution in [0.4, 0.5) is 5.69 Å². The molecule has 0 radical (unpaired) electrons. The van der Waals surface area contributed by atoms with Crippen molar-refractivity contribution in [1.29, 1.82) is 0 Å². The number of nitro benzene ring substituents is 1. The summed E-state index contributed by atoms with van der Waals surface area (Å²) in [6, 6.07) is 13.6. The van der Waals surface area contributed by atoms with Gasteiger partial charge in [0.1, 0.15) is 4.90 Å². The zero-order valence-corrected chi connectivity index (χ0v) is 12.0. The van der Waals surface area contributed by atoms with Crippen molar-refractivity contribution in [3.05, 3.63) is 70.3 Å². The summed E-state index contributed by atoms with van der Waals surface area (Å²) in [7, 11) is -4.07. The summed E-state index contributed by atoms with van der Waals surface area (Å²) in [5.74, 6) is 0. The number of hydrogen-bond donors (Lipinski definition) is 0. The van der Waals surface area contributed by atoms with Crippen LogP contribution >= 0.6 is 0 Å². The van der Waals surface area contributed by atoms with Crippen LogP contribution < -0.4 is 0 Å². The minimum Gasteiger partial charge on any atom is -0.258 e. The van der Waals surface area contributed by atoms with Crippen LogP contribution in [0, 0.1) is 10.1 Å². The number of non-ortho nitro benzene ring substituents is 1. The molecule has 0 amide bonds. The quantitative estimate of drug-likeness (QED) is 0.481. The monoisotopic (exact) mass is 307 g/mol. The molecule has 0 aliphatic rings. The molecule has 0 saturated carbocycles. The van der Waals surface area contributed by atoms with Crippen LogP contribution in [0.3, 0.4) is 0 Å². The Morgan fingerprint density at radius 2 is 1.76 bits per heavy atom. The van der Waals surface area contributed by atoms with Gasteiger partial charge in [-0.2, -0.15) is 8.42 Å². The van der Waals surface area contributed by atoms with Gasteiger partial charge in [-0.1, -0.05) is 36.4 Å². The lowest BCUT2D eigenvalue weighted by Gasteiger charge is -2.13. The van der Waals surface area contributed by atoms with Crippen molar-refractivity contribution in [2.75, 3.05) is 0 Å². The van der Waals surface area contributed by atoms with Crippen molar-refractivity contribution in [3.8, 4) is 0 Å². The highest BCUT2D eigenvalue weighted by molar-refractivity contribution is 7.86. The maximum absolute atomic E-state index is 12.1. The lowest BCUT2D eigenvalue weighted by Crippen LogP contribution is -2.10. The SMILES string of the molecule is CC(OS(=O)(=O)c1cccc([N+](=O)[O-])c1)c1ccccc1. The summed E-state index contributed by atoms with van der Waals surface area (Å²) in [4.78, 5) is 9.80. The summed E-state index contributed by atoms with van der Waals surface area (Å²) in [5.41, 5.74) is 0.401. The summed E-state index contributed by atoms with van der Waals surface area (Å²) >= 11 is 0. The molecular weight excluding hydrogens is 294 g/mol. The normalized spacial score (nSPS) is 12.8. The lowest BCUT2D eigenvalue weighted by molar-refractivity contribution is -0.385. The molecule has 6 nitrogen and oxygen atoms in total. The second-order valence-corrected chi connectivity index (χ2v) is 5.93. The first-order valence-corrected chi connectivity index (χ1v) is 7.53. The van der Waals surface area contributed by atoms with Crippen LogP contribution in [0.1, 0.15) is 18.6 Å². The average Bonchev–Trinajstić information content (AvgIpc) is 2.48. The van der Waals surface area contributed by atoms with Gasteiger partial charge >= 0.3 is 0 Å². The molecule has 1 atom stereocenters. The van der Waals surface area contributed by atoms with Gasteiger partial charge in [0.15, 0.2) is 0 Å². The molecule has 110 valence electrons. The predicted octanol–water partition coefficient (Wildman–Crippen LogP) is 3.06. The molecule has 0 aliphatic heterocycles. The van der Waals surface area contributed by atoms with Crippen LogP contribution in [0.5, 0.6) is 0 Å². The van der Waals surface area contributed by atoms with Gasteiger partial charge in [0.2, 0.25) is 0 Å². The summed E-state index contributed by atoms with van der Waals surface area (Å²) in [6.07, 6.45) is -0.685. The first kappa shape index (κ1) is 15.1. The van der Waals surface area contributed by atoms with Gasteiger partial charge in [-0.15, -0.1) is 0 Å². The molecule has 0 fully saturated rings. The van der Waals surface area contributed by atoms with E-state index < -0.39 is 21.1 Å². The Balaban J connectivity index is 2.26. The maximum Gasteiger partial charge on any atom is 0.297 e. The fourth-order valence-electron chi connectivity index (χ4n) is 1.78. The van der Waals surface area contributed by atoms with E-state index in [1.807, 2.05) is 6.07 Å². The molecule has 0 bridgehead atoms. The highest BCUT2D eigenvalue weighted by atomic mass is 32.2. The van der Waals surface area contributed by atoms with E-state index in [9.17, 15) is 18.5 Å². The average molecular weight is 307 g/mol. The Kier molecular flexibility index (Phi) is 4.35. The van der Waals surface area contributed by atoms with Crippen molar-refractivity contribution in [2.45, 2.75) is 17.9 Å². The zero-order chi connectivity index (χ0) is 15.5. The van der Waals surface area contributed by atoms with Gasteiger partial charge in [-0.05, 0) is 18.6 Å². The van der Waals surface area contributed by atoms with Gasteiger partial charge in [0.05, 0.1) is 11.0 Å². The van der Waals surface area contributed by atoms with Crippen LogP contribution in [0.15, 0.2) is 59.5 Å². The molecule has 1 unspecified atom stereocenters. The first-order valence-electron chi connectivity index (χ1n) is 6.13. The molecule has 0 aliphatic carbocycles. The third-order valence-electron chi connectivity index (χ3n) is 2.86. The summed E-state index contributed by atoms with van der Waals surface area (Å²) < 4.78 is 29.4. The van der Waals surface area contributed by atoms with Crippen molar-refractivity contribution >= 4 is 15.8 Å². The van der Waals surface area contributed by atoms with Crippen molar-refractivity contribution in [2.24, 2.45) is 0 Å². The van der Waals surface area contributed by atoms with Gasteiger partial charge in [0.25, 0.3) is 15.8 Å². The summed E-state index contributed by atoms with van der Waals surface area (Å²) in [5, 5.41) is 10.7. The topological polar surface area (TPSA) is 86.5 Å². The molecule has 0 N–H and O–H groups in total. The van der Waals surface area contributed by atoms with E-state index in [1.165, 1.54) is 18.2 Å². The highest BCUT2D eigenvalue weighted by Crippen LogP contribution is 2.25. The predicted molar refractivity (Wildman–Crippen MR) is 76.2 cm³/mol. The molecule has 21 heavy (non-hydrogen) atoms. The van der Waals surface area contributed by atoms with E-state index in [0.717, 1.165) is 6.07 Å². The molecule has 0 aromatic heterocycles. The number of benzene rings is 2. The third-order valence-corrected chi connectivity index (χ3v) is 4.23. The third kappa shape index (κ3) is 3.65. The van der Waals surface area contributed by atoms with Crippen LogP contribution in [-0.4, -0.2) is 13.3 Å². The van der Waals surface area contributed by atoms with E-state index in [0.29, 0.717) is 5.56 Å². The number of nitro groups is 1. The Labute approximate surface area is 122 Å². The Morgan fingerprint density at radius 1 is 1.10 bits per heavy atom. The molecule has 0 heterocycles. The van der Waals surface area contributed by atoms with Gasteiger partial charge < -0.3 is 0 Å². The fraction of sp³-hybridized carbons (Fsp3) is 0.143. The number of rotatable bonds is 5. The molecule has 7 heteroatoms. The van der Waals surface area contributed by atoms with E-state index in [-0.39, 0.29) is 10.6 Å². The maximum atomic E-state index is 12.1. The van der Waals surface area contributed by atoms with Gasteiger partial charge in [0, 0.05) is 12.1 Å². The zero-order valence-electron chi connectivity index (χ0n) is 11.2. The molecule has 0 spiro atoms. The van der Waals surface area contributed by atoms with E-state index in [4.69, 9.17) is 4.18 Å². The van der Waals surface area contributed by atoms with Crippen LogP contribution in [0.2, 0.25) is 0 Å². The number of hydrogen-bond acceptors (Lipinski definition) is 5. The Bertz CT molecular complexity index is 743. The van der Waals surface area contributed by atoms with Gasteiger partial charge in [-0.3, -0.25) is 14.3 Å². The molecule has 2 aromatic carbocycles. The minimum atomic E-state index is -4.07. The van der Waals surface area contributed by atoms with E-state index in [1.54, 1.807) is 31.2 Å². The lowest BCUT2D eigenvalue weighted by atomic mass is 10.1. The largest absolute Gasteiger partial charge is 0.297 e. The fourth-order valence-corrected chi connectivity index (χ4v) is 2.89. The molecule has 0 saturated heterocycles. The highest BCUT2D eigenvalue weighted by Gasteiger charge is 2.22. The van der Waals surface area contributed by atoms with Crippen LogP contribution in [-0.2, 0) is 14.3 Å². The minimum absolute atomic E-state index is 0.237. The van der Waals surface area contributed by atoms with Crippen molar-refractivity contribution in [3.63, 3.8) is 0 Å². The molecule has 2 aromatic rings. The smallest absolute Gasteiger partial charge is 0.258 e. The summed E-state index contributed by atoms with van der Waals surface area (Å²) in [6.45, 7) is 1.60. The van der Waals surface area contributed by atoms with Crippen molar-refractivity contribution < 1.29 is 17.5 Å². The second-order valence-electron chi connectivity index (χ2n) is 4.36. The standard InChI is InChI=1S/C14H13NO5S/c1-11(12-6-3-2-4-7-12)20-21(18,19)14-9-5-8-13(10-14)15(16)17/h2-11H,1H3. The van der Waals surface area contributed by atoms with Crippen LogP contribution in [0.25, 0.3) is 0 Å². The Morgan fingerprint density at radius 3 is 2.38 bits per heavy atom. The molecule has 2 rings (SSSR count). The second kappa shape index (κ2) is 6.02. The van der Waals surface area contributed by atoms with Gasteiger partial charge in [-0.25, -0.2) is 0 Å². The molecular formula is C14H13NO5S. The first-order chi connectivity index (χ1) is 9.90. The van der Waals surface area contributed by atoms with E-state index in [2.05, 4.69) is 0 Å². The van der Waals surface area contributed by atoms with Crippen molar-refractivity contribution in [1.82, 2.24) is 0 Å². The Hall–Kier alpha value is -2.25. The van der Waals surface area contributed by atoms with E-state index >= 15 is 0 Å². The number of nitrogens with zero attached hydrogens (tertiary/aromatic N) is 1.